The number of aromatic nitrogens is 2. The van der Waals surface area contributed by atoms with E-state index in [-0.39, 0.29) is 5.91 Å². The van der Waals surface area contributed by atoms with Gasteiger partial charge in [-0.15, -0.1) is 0 Å². The molecule has 130 valence electrons. The second-order valence-electron chi connectivity index (χ2n) is 6.41. The molecule has 2 fully saturated rings. The summed E-state index contributed by atoms with van der Waals surface area (Å²) in [4.78, 5) is 27.7. The first-order valence-electron chi connectivity index (χ1n) is 8.52. The fraction of sp³-hybridized carbons (Fsp3) is 0.389. The molecule has 25 heavy (non-hydrogen) atoms. The molecule has 1 aromatic carbocycles. The lowest BCUT2D eigenvalue weighted by molar-refractivity contribution is -0.117. The van der Waals surface area contributed by atoms with Crippen molar-refractivity contribution < 1.29 is 4.79 Å². The summed E-state index contributed by atoms with van der Waals surface area (Å²) in [5, 5.41) is 0. The van der Waals surface area contributed by atoms with Crippen molar-refractivity contribution in [2.75, 3.05) is 42.5 Å². The molecule has 2 saturated heterocycles. The number of carbonyl (C=O) groups excluding carboxylic acids is 1. The zero-order valence-corrected chi connectivity index (χ0v) is 16.0. The van der Waals surface area contributed by atoms with Crippen molar-refractivity contribution in [3.63, 3.8) is 0 Å². The SMILES string of the molecule is O=C1CC(N2CCN(c3ncccn3)CC2)CN1c1cccc(I)c1. The van der Waals surface area contributed by atoms with E-state index in [1.807, 2.05) is 29.2 Å². The number of rotatable bonds is 3. The Morgan fingerprint density at radius 2 is 1.80 bits per heavy atom. The van der Waals surface area contributed by atoms with Crippen LogP contribution in [-0.4, -0.2) is 59.5 Å². The molecule has 3 heterocycles. The Kier molecular flexibility index (Phi) is 4.85. The van der Waals surface area contributed by atoms with Crippen LogP contribution in [0.5, 0.6) is 0 Å². The minimum atomic E-state index is 0.223. The highest BCUT2D eigenvalue weighted by Gasteiger charge is 2.35. The second kappa shape index (κ2) is 7.25. The summed E-state index contributed by atoms with van der Waals surface area (Å²) in [5.74, 6) is 1.02. The predicted molar refractivity (Wildman–Crippen MR) is 106 cm³/mol. The van der Waals surface area contributed by atoms with E-state index >= 15 is 0 Å². The lowest BCUT2D eigenvalue weighted by atomic mass is 10.2. The Balaban J connectivity index is 1.39. The molecule has 0 N–H and O–H groups in total. The Bertz CT molecular complexity index is 748. The third kappa shape index (κ3) is 3.62. The maximum absolute atomic E-state index is 12.5. The van der Waals surface area contributed by atoms with E-state index in [4.69, 9.17) is 0 Å². The summed E-state index contributed by atoms with van der Waals surface area (Å²) >= 11 is 2.29. The van der Waals surface area contributed by atoms with Gasteiger partial charge >= 0.3 is 0 Å². The van der Waals surface area contributed by atoms with E-state index < -0.39 is 0 Å². The van der Waals surface area contributed by atoms with Gasteiger partial charge in [0.15, 0.2) is 0 Å². The molecule has 4 rings (SSSR count). The summed E-state index contributed by atoms with van der Waals surface area (Å²) in [6.45, 7) is 4.46. The smallest absolute Gasteiger partial charge is 0.228 e. The van der Waals surface area contributed by atoms with Gasteiger partial charge in [0, 0.05) is 66.8 Å². The van der Waals surface area contributed by atoms with Crippen molar-refractivity contribution in [1.82, 2.24) is 14.9 Å². The molecule has 0 bridgehead atoms. The van der Waals surface area contributed by atoms with Crippen LogP contribution >= 0.6 is 22.6 Å². The van der Waals surface area contributed by atoms with Gasteiger partial charge in [0.2, 0.25) is 11.9 Å². The van der Waals surface area contributed by atoms with Crippen molar-refractivity contribution >= 4 is 40.1 Å². The minimum absolute atomic E-state index is 0.223. The summed E-state index contributed by atoms with van der Waals surface area (Å²) in [5.41, 5.74) is 1.01. The number of piperazine rings is 1. The monoisotopic (exact) mass is 449 g/mol. The zero-order valence-electron chi connectivity index (χ0n) is 13.9. The number of halogens is 1. The quantitative estimate of drug-likeness (QED) is 0.672. The van der Waals surface area contributed by atoms with E-state index in [9.17, 15) is 4.79 Å². The molecule has 0 radical (unpaired) electrons. The molecule has 0 saturated carbocycles. The standard InChI is InChI=1S/C18H20IN5O/c19-14-3-1-4-15(11-14)24-13-16(12-17(24)25)22-7-9-23(10-8-22)18-20-5-2-6-21-18/h1-6,11,16H,7-10,12-13H2. The van der Waals surface area contributed by atoms with Crippen LogP contribution in [0.25, 0.3) is 0 Å². The van der Waals surface area contributed by atoms with Crippen LogP contribution in [0, 0.1) is 3.57 Å². The highest BCUT2D eigenvalue weighted by atomic mass is 127. The molecule has 2 aliphatic rings. The third-order valence-electron chi connectivity index (χ3n) is 4.89. The minimum Gasteiger partial charge on any atom is -0.338 e. The van der Waals surface area contributed by atoms with Gasteiger partial charge in [-0.1, -0.05) is 6.07 Å². The van der Waals surface area contributed by atoms with Crippen LogP contribution in [0.3, 0.4) is 0 Å². The van der Waals surface area contributed by atoms with Gasteiger partial charge in [0.1, 0.15) is 0 Å². The van der Waals surface area contributed by atoms with Crippen molar-refractivity contribution in [1.29, 1.82) is 0 Å². The molecule has 0 aliphatic carbocycles. The van der Waals surface area contributed by atoms with Gasteiger partial charge in [0.25, 0.3) is 0 Å². The van der Waals surface area contributed by atoms with Crippen molar-refractivity contribution in [3.8, 4) is 0 Å². The summed E-state index contributed by atoms with van der Waals surface area (Å²) in [6, 6.07) is 10.3. The number of anilines is 2. The van der Waals surface area contributed by atoms with E-state index in [0.717, 1.165) is 47.9 Å². The average molecular weight is 449 g/mol. The van der Waals surface area contributed by atoms with Crippen molar-refractivity contribution in [2.24, 2.45) is 0 Å². The van der Waals surface area contributed by atoms with Crippen molar-refractivity contribution in [3.05, 3.63) is 46.3 Å². The molecule has 1 amide bonds. The van der Waals surface area contributed by atoms with Gasteiger partial charge in [-0.25, -0.2) is 9.97 Å². The number of hydrogen-bond acceptors (Lipinski definition) is 5. The van der Waals surface area contributed by atoms with Crippen molar-refractivity contribution in [2.45, 2.75) is 12.5 Å². The van der Waals surface area contributed by atoms with E-state index in [1.54, 1.807) is 12.4 Å². The number of nitrogens with zero attached hydrogens (tertiary/aromatic N) is 5. The molecule has 1 atom stereocenters. The van der Waals surface area contributed by atoms with Crippen LogP contribution in [0.2, 0.25) is 0 Å². The number of carbonyl (C=O) groups is 1. The summed E-state index contributed by atoms with van der Waals surface area (Å²) in [6.07, 6.45) is 4.17. The molecule has 1 aromatic heterocycles. The van der Waals surface area contributed by atoms with Crippen LogP contribution in [0.1, 0.15) is 6.42 Å². The molecule has 2 aliphatic heterocycles. The molecule has 2 aromatic rings. The maximum atomic E-state index is 12.5. The highest BCUT2D eigenvalue weighted by Crippen LogP contribution is 2.26. The first kappa shape index (κ1) is 16.7. The molecular formula is C18H20IN5O. The normalized spacial score (nSPS) is 21.8. The van der Waals surface area contributed by atoms with E-state index in [1.165, 1.54) is 0 Å². The van der Waals surface area contributed by atoms with E-state index in [2.05, 4.69) is 48.4 Å². The first-order valence-corrected chi connectivity index (χ1v) is 9.60. The number of hydrogen-bond donors (Lipinski definition) is 0. The van der Waals surface area contributed by atoms with Gasteiger partial charge in [-0.2, -0.15) is 0 Å². The fourth-order valence-corrected chi connectivity index (χ4v) is 4.10. The third-order valence-corrected chi connectivity index (χ3v) is 5.56. The first-order chi connectivity index (χ1) is 12.2. The van der Waals surface area contributed by atoms with Gasteiger partial charge < -0.3 is 9.80 Å². The Hall–Kier alpha value is -1.74. The van der Waals surface area contributed by atoms with Crippen LogP contribution in [0.4, 0.5) is 11.6 Å². The highest BCUT2D eigenvalue weighted by molar-refractivity contribution is 14.1. The van der Waals surface area contributed by atoms with Crippen LogP contribution in [-0.2, 0) is 4.79 Å². The van der Waals surface area contributed by atoms with Crippen LogP contribution in [0.15, 0.2) is 42.7 Å². The lowest BCUT2D eigenvalue weighted by Gasteiger charge is -2.37. The largest absolute Gasteiger partial charge is 0.338 e. The van der Waals surface area contributed by atoms with Crippen LogP contribution < -0.4 is 9.80 Å². The second-order valence-corrected chi connectivity index (χ2v) is 7.66. The summed E-state index contributed by atoms with van der Waals surface area (Å²) in [7, 11) is 0. The molecular weight excluding hydrogens is 429 g/mol. The number of benzene rings is 1. The predicted octanol–water partition coefficient (Wildman–Crippen LogP) is 2.01. The average Bonchev–Trinajstić information content (AvgIpc) is 3.04. The fourth-order valence-electron chi connectivity index (χ4n) is 3.57. The van der Waals surface area contributed by atoms with E-state index in [0.29, 0.717) is 12.5 Å². The van der Waals surface area contributed by atoms with Gasteiger partial charge in [-0.3, -0.25) is 9.69 Å². The number of amides is 1. The lowest BCUT2D eigenvalue weighted by Crippen LogP contribution is -2.51. The topological polar surface area (TPSA) is 52.6 Å². The zero-order chi connectivity index (χ0) is 17.2. The molecule has 6 nitrogen and oxygen atoms in total. The molecule has 1 unspecified atom stereocenters. The summed E-state index contributed by atoms with van der Waals surface area (Å²) < 4.78 is 1.16. The molecule has 0 spiro atoms. The molecule has 7 heteroatoms. The Morgan fingerprint density at radius 1 is 1.04 bits per heavy atom. The van der Waals surface area contributed by atoms with Gasteiger partial charge in [0.05, 0.1) is 0 Å². The van der Waals surface area contributed by atoms with Gasteiger partial charge in [-0.05, 0) is 46.9 Å². The Morgan fingerprint density at radius 3 is 2.52 bits per heavy atom. The Labute approximate surface area is 161 Å². The maximum Gasteiger partial charge on any atom is 0.228 e.